The summed E-state index contributed by atoms with van der Waals surface area (Å²) in [5.74, 6) is -0.916. The Labute approximate surface area is 124 Å². The minimum absolute atomic E-state index is 0.274. The number of carboxylic acids is 1. The second-order valence-corrected chi connectivity index (χ2v) is 6.72. The standard InChI is InChI=1S/C15H13NO2S2/c1-8-5-9(2)7-10(6-8)20-14-12(15(17)18)16-11-3-4-19-13(11)14/h3-7,16H,1-2H3,(H,17,18). The van der Waals surface area contributed by atoms with E-state index in [1.165, 1.54) is 22.9 Å². The number of nitrogens with one attached hydrogen (secondary N) is 1. The summed E-state index contributed by atoms with van der Waals surface area (Å²) in [5, 5.41) is 11.3. The van der Waals surface area contributed by atoms with E-state index in [0.29, 0.717) is 0 Å². The van der Waals surface area contributed by atoms with Crippen molar-refractivity contribution in [2.75, 3.05) is 0 Å². The Morgan fingerprint density at radius 1 is 1.25 bits per heavy atom. The molecular formula is C15H13NO2S2. The van der Waals surface area contributed by atoms with Gasteiger partial charge in [-0.05, 0) is 48.6 Å². The first-order chi connectivity index (χ1) is 9.54. The van der Waals surface area contributed by atoms with E-state index in [1.54, 1.807) is 11.3 Å². The molecule has 0 saturated heterocycles. The van der Waals surface area contributed by atoms with Crippen LogP contribution in [0.15, 0.2) is 39.4 Å². The van der Waals surface area contributed by atoms with Gasteiger partial charge in [0.1, 0.15) is 5.69 Å². The summed E-state index contributed by atoms with van der Waals surface area (Å²) in [7, 11) is 0. The Hall–Kier alpha value is -1.72. The summed E-state index contributed by atoms with van der Waals surface area (Å²) < 4.78 is 1.01. The first-order valence-electron chi connectivity index (χ1n) is 6.13. The maximum atomic E-state index is 11.4. The molecule has 2 aromatic heterocycles. The van der Waals surface area contributed by atoms with Gasteiger partial charge in [0.25, 0.3) is 0 Å². The summed E-state index contributed by atoms with van der Waals surface area (Å²) in [6.45, 7) is 4.10. The molecule has 5 heteroatoms. The highest BCUT2D eigenvalue weighted by atomic mass is 32.2. The Kier molecular flexibility index (Phi) is 3.31. The number of rotatable bonds is 3. The molecule has 0 atom stereocenters. The van der Waals surface area contributed by atoms with E-state index in [1.807, 2.05) is 25.3 Å². The number of thiophene rings is 1. The van der Waals surface area contributed by atoms with Crippen LogP contribution in [-0.2, 0) is 0 Å². The maximum Gasteiger partial charge on any atom is 0.353 e. The van der Waals surface area contributed by atoms with Crippen molar-refractivity contribution in [2.24, 2.45) is 0 Å². The Balaban J connectivity index is 2.11. The predicted molar refractivity (Wildman–Crippen MR) is 83.2 cm³/mol. The van der Waals surface area contributed by atoms with E-state index in [9.17, 15) is 9.90 Å². The molecule has 0 amide bonds. The van der Waals surface area contributed by atoms with Crippen molar-refractivity contribution in [1.29, 1.82) is 0 Å². The highest BCUT2D eigenvalue weighted by Crippen LogP contribution is 2.39. The molecule has 3 nitrogen and oxygen atoms in total. The number of aromatic nitrogens is 1. The molecule has 20 heavy (non-hydrogen) atoms. The summed E-state index contributed by atoms with van der Waals surface area (Å²) in [5.41, 5.74) is 3.53. The minimum atomic E-state index is -0.916. The molecule has 3 aromatic rings. The SMILES string of the molecule is Cc1cc(C)cc(Sc2c(C(=O)O)[nH]c3ccsc23)c1. The van der Waals surface area contributed by atoms with Gasteiger partial charge in [0.15, 0.2) is 0 Å². The number of fused-ring (bicyclic) bond motifs is 1. The molecule has 0 aliphatic carbocycles. The summed E-state index contributed by atoms with van der Waals surface area (Å²) in [6.07, 6.45) is 0. The maximum absolute atomic E-state index is 11.4. The average molecular weight is 303 g/mol. The van der Waals surface area contributed by atoms with Crippen molar-refractivity contribution < 1.29 is 9.90 Å². The molecule has 0 radical (unpaired) electrons. The fourth-order valence-electron chi connectivity index (χ4n) is 2.25. The summed E-state index contributed by atoms with van der Waals surface area (Å²) >= 11 is 3.07. The molecule has 0 spiro atoms. The van der Waals surface area contributed by atoms with Crippen molar-refractivity contribution in [3.05, 3.63) is 46.5 Å². The zero-order valence-corrected chi connectivity index (χ0v) is 12.7. The molecule has 3 rings (SSSR count). The van der Waals surface area contributed by atoms with Gasteiger partial charge in [-0.15, -0.1) is 11.3 Å². The molecule has 1 aromatic carbocycles. The van der Waals surface area contributed by atoms with Crippen molar-refractivity contribution in [3.63, 3.8) is 0 Å². The van der Waals surface area contributed by atoms with Gasteiger partial charge in [0.05, 0.1) is 15.1 Å². The van der Waals surface area contributed by atoms with E-state index in [-0.39, 0.29) is 5.69 Å². The molecule has 0 aliphatic rings. The van der Waals surface area contributed by atoms with Crippen LogP contribution in [0.4, 0.5) is 0 Å². The van der Waals surface area contributed by atoms with Crippen LogP contribution in [-0.4, -0.2) is 16.1 Å². The first-order valence-corrected chi connectivity index (χ1v) is 7.83. The number of carboxylic acid groups (broad SMARTS) is 1. The molecule has 0 unspecified atom stereocenters. The highest BCUT2D eigenvalue weighted by Gasteiger charge is 2.19. The largest absolute Gasteiger partial charge is 0.477 e. The van der Waals surface area contributed by atoms with E-state index in [2.05, 4.69) is 23.2 Å². The number of benzene rings is 1. The van der Waals surface area contributed by atoms with Crippen LogP contribution in [0.2, 0.25) is 0 Å². The third-order valence-electron chi connectivity index (χ3n) is 2.99. The normalized spacial score (nSPS) is 11.1. The van der Waals surface area contributed by atoms with Crippen LogP contribution in [0.25, 0.3) is 10.2 Å². The molecule has 0 saturated carbocycles. The lowest BCUT2D eigenvalue weighted by atomic mass is 10.2. The van der Waals surface area contributed by atoms with E-state index in [0.717, 1.165) is 20.0 Å². The quantitative estimate of drug-likeness (QED) is 0.737. The fourth-order valence-corrected chi connectivity index (χ4v) is 4.48. The van der Waals surface area contributed by atoms with Gasteiger partial charge in [-0.3, -0.25) is 0 Å². The smallest absolute Gasteiger partial charge is 0.353 e. The van der Waals surface area contributed by atoms with Crippen LogP contribution in [0.5, 0.6) is 0 Å². The molecule has 2 heterocycles. The second kappa shape index (κ2) is 5.00. The average Bonchev–Trinajstić information content (AvgIpc) is 2.90. The van der Waals surface area contributed by atoms with Crippen LogP contribution in [0.3, 0.4) is 0 Å². The lowest BCUT2D eigenvalue weighted by Crippen LogP contribution is -1.98. The lowest BCUT2D eigenvalue weighted by Gasteiger charge is -2.04. The number of hydrogen-bond donors (Lipinski definition) is 2. The monoisotopic (exact) mass is 303 g/mol. The number of hydrogen-bond acceptors (Lipinski definition) is 3. The van der Waals surface area contributed by atoms with Crippen molar-refractivity contribution in [1.82, 2.24) is 4.98 Å². The molecule has 2 N–H and O–H groups in total. The minimum Gasteiger partial charge on any atom is -0.477 e. The topological polar surface area (TPSA) is 53.1 Å². The first kappa shape index (κ1) is 13.3. The summed E-state index contributed by atoms with van der Waals surface area (Å²) in [6, 6.07) is 8.18. The van der Waals surface area contributed by atoms with E-state index < -0.39 is 5.97 Å². The molecule has 102 valence electrons. The third kappa shape index (κ3) is 2.34. The fraction of sp³-hybridized carbons (Fsp3) is 0.133. The lowest BCUT2D eigenvalue weighted by molar-refractivity contribution is 0.0688. The zero-order valence-electron chi connectivity index (χ0n) is 11.1. The predicted octanol–water partition coefficient (Wildman–Crippen LogP) is 4.70. The van der Waals surface area contributed by atoms with Crippen molar-refractivity contribution in [2.45, 2.75) is 23.6 Å². The van der Waals surface area contributed by atoms with E-state index >= 15 is 0 Å². The number of aromatic carboxylic acids is 1. The number of aromatic amines is 1. The van der Waals surface area contributed by atoms with Crippen LogP contribution in [0.1, 0.15) is 21.6 Å². The van der Waals surface area contributed by atoms with Gasteiger partial charge in [-0.2, -0.15) is 0 Å². The second-order valence-electron chi connectivity index (χ2n) is 4.72. The zero-order chi connectivity index (χ0) is 14.3. The van der Waals surface area contributed by atoms with Gasteiger partial charge < -0.3 is 10.1 Å². The van der Waals surface area contributed by atoms with Gasteiger partial charge in [-0.1, -0.05) is 17.8 Å². The molecular weight excluding hydrogens is 290 g/mol. The van der Waals surface area contributed by atoms with Gasteiger partial charge in [0.2, 0.25) is 0 Å². The molecule has 0 bridgehead atoms. The molecule has 0 fully saturated rings. The number of aryl methyl sites for hydroxylation is 2. The van der Waals surface area contributed by atoms with Crippen LogP contribution in [0, 0.1) is 13.8 Å². The van der Waals surface area contributed by atoms with Crippen molar-refractivity contribution in [3.8, 4) is 0 Å². The van der Waals surface area contributed by atoms with Crippen molar-refractivity contribution >= 4 is 39.3 Å². The Bertz CT molecular complexity index is 781. The molecule has 0 aliphatic heterocycles. The van der Waals surface area contributed by atoms with Gasteiger partial charge >= 0.3 is 5.97 Å². The van der Waals surface area contributed by atoms with Crippen LogP contribution < -0.4 is 0 Å². The number of carbonyl (C=O) groups is 1. The Morgan fingerprint density at radius 3 is 2.60 bits per heavy atom. The van der Waals surface area contributed by atoms with Gasteiger partial charge in [-0.25, -0.2) is 4.79 Å². The highest BCUT2D eigenvalue weighted by molar-refractivity contribution is 7.99. The Morgan fingerprint density at radius 2 is 1.95 bits per heavy atom. The summed E-state index contributed by atoms with van der Waals surface area (Å²) in [4.78, 5) is 16.2. The third-order valence-corrected chi connectivity index (χ3v) is 5.13. The number of H-pyrrole nitrogens is 1. The van der Waals surface area contributed by atoms with E-state index in [4.69, 9.17) is 0 Å². The van der Waals surface area contributed by atoms with Crippen LogP contribution >= 0.6 is 23.1 Å². The van der Waals surface area contributed by atoms with Gasteiger partial charge in [0, 0.05) is 4.90 Å².